The molecule has 0 unspecified atom stereocenters. The van der Waals surface area contributed by atoms with E-state index in [0.29, 0.717) is 39.6 Å². The molecular formula is C14H10Cl2N4. The molecule has 1 aliphatic rings. The van der Waals surface area contributed by atoms with Crippen LogP contribution < -0.4 is 5.73 Å². The van der Waals surface area contributed by atoms with Gasteiger partial charge in [-0.2, -0.15) is 0 Å². The van der Waals surface area contributed by atoms with Gasteiger partial charge >= 0.3 is 0 Å². The molecule has 2 aromatic rings. The third-order valence-electron chi connectivity index (χ3n) is 2.86. The van der Waals surface area contributed by atoms with Gasteiger partial charge in [-0.05, 0) is 18.2 Å². The third-order valence-corrected chi connectivity index (χ3v) is 3.40. The number of pyridine rings is 1. The van der Waals surface area contributed by atoms with Crippen LogP contribution in [0.4, 0.5) is 5.69 Å². The number of nitrogens with two attached hydrogens (primary N) is 1. The number of amidine groups is 1. The molecule has 2 heterocycles. The van der Waals surface area contributed by atoms with Crippen molar-refractivity contribution >= 4 is 40.4 Å². The summed E-state index contributed by atoms with van der Waals surface area (Å²) in [7, 11) is 0. The van der Waals surface area contributed by atoms with Gasteiger partial charge in [-0.15, -0.1) is 0 Å². The maximum absolute atomic E-state index is 6.24. The maximum atomic E-state index is 6.24. The van der Waals surface area contributed by atoms with Gasteiger partial charge in [0.05, 0.1) is 23.0 Å². The molecule has 3 rings (SSSR count). The van der Waals surface area contributed by atoms with E-state index in [1.807, 2.05) is 18.2 Å². The first-order valence-corrected chi connectivity index (χ1v) is 6.70. The molecule has 2 N–H and O–H groups in total. The Morgan fingerprint density at radius 1 is 1.05 bits per heavy atom. The Bertz CT molecular complexity index is 738. The molecule has 100 valence electrons. The number of hydrogen-bond donors (Lipinski definition) is 1. The van der Waals surface area contributed by atoms with Gasteiger partial charge in [0.25, 0.3) is 0 Å². The van der Waals surface area contributed by atoms with E-state index in [1.54, 1.807) is 18.2 Å². The van der Waals surface area contributed by atoms with Gasteiger partial charge in [-0.1, -0.05) is 41.4 Å². The molecule has 1 aliphatic heterocycles. The van der Waals surface area contributed by atoms with Crippen molar-refractivity contribution in [2.75, 3.05) is 6.54 Å². The van der Waals surface area contributed by atoms with Gasteiger partial charge in [0, 0.05) is 5.56 Å². The second kappa shape index (κ2) is 5.23. The summed E-state index contributed by atoms with van der Waals surface area (Å²) in [6.07, 6.45) is 0. The minimum atomic E-state index is 0.300. The summed E-state index contributed by atoms with van der Waals surface area (Å²) in [5, 5.41) is 0.971. The topological polar surface area (TPSA) is 63.6 Å². The van der Waals surface area contributed by atoms with E-state index in [-0.39, 0.29) is 0 Å². The fourth-order valence-electron chi connectivity index (χ4n) is 1.98. The number of aromatic nitrogens is 1. The smallest absolute Gasteiger partial charge is 0.130 e. The summed E-state index contributed by atoms with van der Waals surface area (Å²) in [6.45, 7) is 0.300. The zero-order valence-corrected chi connectivity index (χ0v) is 11.9. The van der Waals surface area contributed by atoms with Gasteiger partial charge in [-0.3, -0.25) is 4.99 Å². The summed E-state index contributed by atoms with van der Waals surface area (Å²) in [5.74, 6) is 0.428. The molecule has 0 atom stereocenters. The molecule has 0 aliphatic carbocycles. The summed E-state index contributed by atoms with van der Waals surface area (Å²) in [4.78, 5) is 13.1. The van der Waals surface area contributed by atoms with Crippen molar-refractivity contribution in [3.8, 4) is 0 Å². The average Bonchev–Trinajstić information content (AvgIpc) is 2.58. The Morgan fingerprint density at radius 3 is 2.65 bits per heavy atom. The van der Waals surface area contributed by atoms with Crippen LogP contribution in [0.3, 0.4) is 0 Å². The Balaban J connectivity index is 2.24. The van der Waals surface area contributed by atoms with Crippen molar-refractivity contribution in [2.24, 2.45) is 15.7 Å². The molecule has 0 radical (unpaired) electrons. The average molecular weight is 305 g/mol. The second-order valence-corrected chi connectivity index (χ2v) is 5.04. The van der Waals surface area contributed by atoms with Crippen LogP contribution in [0.25, 0.3) is 0 Å². The number of halogens is 2. The zero-order chi connectivity index (χ0) is 14.1. The van der Waals surface area contributed by atoms with Crippen LogP contribution in [0.15, 0.2) is 46.4 Å². The second-order valence-electron chi connectivity index (χ2n) is 4.25. The molecule has 6 heteroatoms. The normalized spacial score (nSPS) is 14.1. The summed E-state index contributed by atoms with van der Waals surface area (Å²) >= 11 is 12.2. The lowest BCUT2D eigenvalue weighted by molar-refractivity contribution is 1.25. The van der Waals surface area contributed by atoms with E-state index in [4.69, 9.17) is 28.9 Å². The molecule has 0 spiro atoms. The SMILES string of the molecule is NC1=Nc2ccc(Cl)nc2C(c2ccccc2Cl)=NC1. The molecule has 4 nitrogen and oxygen atoms in total. The summed E-state index contributed by atoms with van der Waals surface area (Å²) < 4.78 is 0. The van der Waals surface area contributed by atoms with E-state index >= 15 is 0 Å². The van der Waals surface area contributed by atoms with Crippen LogP contribution in [0, 0.1) is 0 Å². The Kier molecular flexibility index (Phi) is 3.42. The standard InChI is InChI=1S/C14H10Cl2N4/c15-9-4-2-1-3-8(9)13-14-10(5-6-11(16)20-14)19-12(17)7-18-13/h1-6H,7H2,(H2,17,19). The number of benzene rings is 1. The van der Waals surface area contributed by atoms with Crippen molar-refractivity contribution in [1.82, 2.24) is 4.98 Å². The van der Waals surface area contributed by atoms with Crippen molar-refractivity contribution in [1.29, 1.82) is 0 Å². The molecule has 1 aromatic carbocycles. The molecule has 0 saturated heterocycles. The van der Waals surface area contributed by atoms with Crippen LogP contribution in [-0.2, 0) is 0 Å². The van der Waals surface area contributed by atoms with Crippen molar-refractivity contribution in [3.05, 3.63) is 57.8 Å². The molecular weight excluding hydrogens is 295 g/mol. The van der Waals surface area contributed by atoms with Crippen LogP contribution in [-0.4, -0.2) is 23.1 Å². The number of rotatable bonds is 1. The number of aliphatic imine (C=N–C) groups is 2. The van der Waals surface area contributed by atoms with Crippen LogP contribution in [0.5, 0.6) is 0 Å². The quantitative estimate of drug-likeness (QED) is 0.822. The van der Waals surface area contributed by atoms with Crippen molar-refractivity contribution in [2.45, 2.75) is 0 Å². The van der Waals surface area contributed by atoms with Crippen LogP contribution in [0.1, 0.15) is 11.3 Å². The predicted molar refractivity (Wildman–Crippen MR) is 82.5 cm³/mol. The fraction of sp³-hybridized carbons (Fsp3) is 0.0714. The minimum absolute atomic E-state index is 0.300. The van der Waals surface area contributed by atoms with E-state index in [9.17, 15) is 0 Å². The fourth-order valence-corrected chi connectivity index (χ4v) is 2.36. The predicted octanol–water partition coefficient (Wildman–Crippen LogP) is 3.23. The summed E-state index contributed by atoms with van der Waals surface area (Å²) in [6, 6.07) is 10.9. The van der Waals surface area contributed by atoms with Crippen molar-refractivity contribution in [3.63, 3.8) is 0 Å². The first-order valence-electron chi connectivity index (χ1n) is 5.94. The minimum Gasteiger partial charge on any atom is -0.386 e. The molecule has 20 heavy (non-hydrogen) atoms. The van der Waals surface area contributed by atoms with Crippen molar-refractivity contribution < 1.29 is 0 Å². The monoisotopic (exact) mass is 304 g/mol. The first kappa shape index (κ1) is 13.1. The van der Waals surface area contributed by atoms with Gasteiger partial charge < -0.3 is 5.73 Å². The highest BCUT2D eigenvalue weighted by Crippen LogP contribution is 2.27. The highest BCUT2D eigenvalue weighted by molar-refractivity contribution is 6.36. The Labute approximate surface area is 126 Å². The van der Waals surface area contributed by atoms with E-state index < -0.39 is 0 Å². The highest BCUT2D eigenvalue weighted by atomic mass is 35.5. The third kappa shape index (κ3) is 2.40. The van der Waals surface area contributed by atoms with E-state index in [1.165, 1.54) is 0 Å². The molecule has 0 fully saturated rings. The zero-order valence-electron chi connectivity index (χ0n) is 10.3. The van der Waals surface area contributed by atoms with Crippen LogP contribution >= 0.6 is 23.2 Å². The number of hydrogen-bond acceptors (Lipinski definition) is 4. The number of fused-ring (bicyclic) bond motifs is 1. The van der Waals surface area contributed by atoms with Gasteiger partial charge in [0.15, 0.2) is 0 Å². The van der Waals surface area contributed by atoms with Gasteiger partial charge in [0.1, 0.15) is 16.7 Å². The largest absolute Gasteiger partial charge is 0.386 e. The highest BCUT2D eigenvalue weighted by Gasteiger charge is 2.19. The Hall–Kier alpha value is -1.91. The molecule has 0 amide bonds. The molecule has 0 saturated carbocycles. The van der Waals surface area contributed by atoms with Gasteiger partial charge in [0.2, 0.25) is 0 Å². The first-order chi connectivity index (χ1) is 9.65. The molecule has 1 aromatic heterocycles. The van der Waals surface area contributed by atoms with E-state index in [2.05, 4.69) is 15.0 Å². The van der Waals surface area contributed by atoms with E-state index in [0.717, 1.165) is 5.56 Å². The maximum Gasteiger partial charge on any atom is 0.130 e. The van der Waals surface area contributed by atoms with Crippen LogP contribution in [0.2, 0.25) is 10.2 Å². The lowest BCUT2D eigenvalue weighted by atomic mass is 10.1. The lowest BCUT2D eigenvalue weighted by Gasteiger charge is -2.09. The summed E-state index contributed by atoms with van der Waals surface area (Å²) in [5.41, 5.74) is 8.48. The lowest BCUT2D eigenvalue weighted by Crippen LogP contribution is -2.15. The Morgan fingerprint density at radius 2 is 1.85 bits per heavy atom. The van der Waals surface area contributed by atoms with Gasteiger partial charge in [-0.25, -0.2) is 9.98 Å². The molecule has 0 bridgehead atoms. The number of nitrogens with zero attached hydrogens (tertiary/aromatic N) is 3.